The van der Waals surface area contributed by atoms with Gasteiger partial charge in [-0.15, -0.1) is 0 Å². The molecule has 8 nitrogen and oxygen atoms in total. The van der Waals surface area contributed by atoms with Gasteiger partial charge in [-0.1, -0.05) is 0 Å². The zero-order valence-corrected chi connectivity index (χ0v) is 28.1. The van der Waals surface area contributed by atoms with Gasteiger partial charge in [0, 0.05) is 0 Å². The molecule has 0 saturated carbocycles. The van der Waals surface area contributed by atoms with Gasteiger partial charge in [-0.3, -0.25) is 0 Å². The minimum absolute atomic E-state index is 0.277. The summed E-state index contributed by atoms with van der Waals surface area (Å²) in [6, 6.07) is 0. The normalized spacial score (nSPS) is 12.0. The topological polar surface area (TPSA) is 118 Å². The summed E-state index contributed by atoms with van der Waals surface area (Å²) in [5.41, 5.74) is 0. The van der Waals surface area contributed by atoms with Crippen molar-refractivity contribution in [1.29, 1.82) is 0 Å². The summed E-state index contributed by atoms with van der Waals surface area (Å²) in [6.07, 6.45) is 25.2. The summed E-state index contributed by atoms with van der Waals surface area (Å²) in [6.45, 7) is 3.51. The maximum absolute atomic E-state index is 8.97. The third-order valence-electron chi connectivity index (χ3n) is 7.33. The van der Waals surface area contributed by atoms with Crippen LogP contribution >= 0.6 is 0 Å². The summed E-state index contributed by atoms with van der Waals surface area (Å²) >= 11 is -3.88. The third kappa shape index (κ3) is 30.2. The first-order chi connectivity index (χ1) is 20.2. The first-order valence-corrected chi connectivity index (χ1v) is 19.8. The number of aliphatic hydroxyl groups is 4. The predicted octanol–water partition coefficient (Wildman–Crippen LogP) is 7.20. The van der Waals surface area contributed by atoms with Gasteiger partial charge in [0.25, 0.3) is 0 Å². The molecule has 0 aliphatic heterocycles. The van der Waals surface area contributed by atoms with Crippen molar-refractivity contribution < 1.29 is 51.8 Å². The first-order valence-electron chi connectivity index (χ1n) is 17.2. The van der Waals surface area contributed by atoms with Crippen molar-refractivity contribution in [2.45, 2.75) is 154 Å². The van der Waals surface area contributed by atoms with Crippen LogP contribution < -0.4 is 0 Å². The molecule has 0 unspecified atom stereocenters. The molecule has 248 valence electrons. The number of unbranched alkanes of at least 4 members (excludes halogenated alkanes) is 20. The van der Waals surface area contributed by atoms with Gasteiger partial charge in [0.1, 0.15) is 0 Å². The zero-order chi connectivity index (χ0) is 30.0. The molecule has 0 saturated heterocycles. The van der Waals surface area contributed by atoms with Crippen molar-refractivity contribution in [3.8, 4) is 0 Å². The summed E-state index contributed by atoms with van der Waals surface area (Å²) < 4.78 is 25.7. The van der Waals surface area contributed by atoms with E-state index in [4.69, 9.17) is 33.7 Å². The molecule has 0 aliphatic carbocycles. The van der Waals surface area contributed by atoms with Gasteiger partial charge < -0.3 is 0 Å². The monoisotopic (exact) mass is 628 g/mol. The van der Waals surface area contributed by atoms with E-state index in [9.17, 15) is 0 Å². The van der Waals surface area contributed by atoms with Gasteiger partial charge in [-0.2, -0.15) is 0 Å². The standard InChI is InChI=1S/4C8H17O2.Ti/c4*9-7-5-3-1-2-4-6-8-10;/h4*9H,1-8H2;/q4*-1;+4. The molecule has 0 atom stereocenters. The Hall–Kier alpha value is 0.394. The Kier molecular flexibility index (Phi) is 35.2. The Bertz CT molecular complexity index is 401. The number of rotatable bonds is 36. The average Bonchev–Trinajstić information content (AvgIpc) is 2.98. The van der Waals surface area contributed by atoms with Crippen molar-refractivity contribution in [1.82, 2.24) is 0 Å². The van der Waals surface area contributed by atoms with E-state index in [1.165, 1.54) is 0 Å². The molecule has 0 radical (unpaired) electrons. The van der Waals surface area contributed by atoms with Crippen LogP contribution in [0.4, 0.5) is 0 Å². The summed E-state index contributed by atoms with van der Waals surface area (Å²) in [7, 11) is 0. The zero-order valence-electron chi connectivity index (χ0n) is 26.5. The van der Waals surface area contributed by atoms with Gasteiger partial charge in [-0.05, 0) is 0 Å². The number of hydrogen-bond donors (Lipinski definition) is 4. The Morgan fingerprint density at radius 1 is 0.244 bits per heavy atom. The molecule has 0 bridgehead atoms. The number of aliphatic hydroxyl groups excluding tert-OH is 4. The molecule has 0 aromatic carbocycles. The van der Waals surface area contributed by atoms with E-state index in [2.05, 4.69) is 0 Å². The van der Waals surface area contributed by atoms with Gasteiger partial charge in [0.2, 0.25) is 0 Å². The van der Waals surface area contributed by atoms with Gasteiger partial charge in [0.15, 0.2) is 0 Å². The van der Waals surface area contributed by atoms with Crippen molar-refractivity contribution in [3.63, 3.8) is 0 Å². The summed E-state index contributed by atoms with van der Waals surface area (Å²) in [5.74, 6) is 0. The van der Waals surface area contributed by atoms with Crippen molar-refractivity contribution in [3.05, 3.63) is 0 Å². The molecule has 0 heterocycles. The van der Waals surface area contributed by atoms with Crippen molar-refractivity contribution >= 4 is 0 Å². The van der Waals surface area contributed by atoms with Crippen LogP contribution in [0.3, 0.4) is 0 Å². The Labute approximate surface area is 258 Å². The predicted molar refractivity (Wildman–Crippen MR) is 163 cm³/mol. The van der Waals surface area contributed by atoms with E-state index >= 15 is 0 Å². The second kappa shape index (κ2) is 34.9. The van der Waals surface area contributed by atoms with Crippen LogP contribution in [0.2, 0.25) is 0 Å². The molecule has 0 aromatic heterocycles. The van der Waals surface area contributed by atoms with E-state index in [0.29, 0.717) is 26.4 Å². The summed E-state index contributed by atoms with van der Waals surface area (Å²) in [5, 5.41) is 35.9. The van der Waals surface area contributed by atoms with Crippen LogP contribution in [-0.4, -0.2) is 73.3 Å². The molecule has 0 spiro atoms. The minimum atomic E-state index is -3.88. The van der Waals surface area contributed by atoms with Crippen molar-refractivity contribution in [2.24, 2.45) is 0 Å². The second-order valence-electron chi connectivity index (χ2n) is 11.3. The fraction of sp³-hybridized carbons (Fsp3) is 1.00. The fourth-order valence-corrected chi connectivity index (χ4v) is 7.97. The van der Waals surface area contributed by atoms with E-state index in [-0.39, 0.29) is 26.4 Å². The van der Waals surface area contributed by atoms with Crippen LogP contribution in [0, 0.1) is 0 Å². The Balaban J connectivity index is 4.82. The number of hydrogen-bond acceptors (Lipinski definition) is 8. The maximum atomic E-state index is 8.97. The summed E-state index contributed by atoms with van der Waals surface area (Å²) in [4.78, 5) is 0. The molecule has 0 fully saturated rings. The molecule has 4 N–H and O–H groups in total. The molecule has 0 aromatic rings. The molecular formula is C32H68O8Ti. The molecule has 0 aliphatic rings. The van der Waals surface area contributed by atoms with Crippen LogP contribution in [0.15, 0.2) is 0 Å². The first kappa shape index (κ1) is 41.4. The van der Waals surface area contributed by atoms with Crippen LogP contribution in [0.5, 0.6) is 0 Å². The third-order valence-corrected chi connectivity index (χ3v) is 10.8. The van der Waals surface area contributed by atoms with Crippen LogP contribution in [0.1, 0.15) is 154 Å². The van der Waals surface area contributed by atoms with Crippen LogP contribution in [0.25, 0.3) is 0 Å². The molecule has 9 heteroatoms. The quantitative estimate of drug-likeness (QED) is 0.0425. The Morgan fingerprint density at radius 2 is 0.415 bits per heavy atom. The molecule has 0 rings (SSSR count). The fourth-order valence-electron chi connectivity index (χ4n) is 4.72. The average molecular weight is 629 g/mol. The van der Waals surface area contributed by atoms with Gasteiger partial charge >= 0.3 is 259 Å². The second-order valence-corrected chi connectivity index (χ2v) is 14.6. The Morgan fingerprint density at radius 3 is 0.610 bits per heavy atom. The molecular weight excluding hydrogens is 560 g/mol. The molecule has 41 heavy (non-hydrogen) atoms. The SMILES string of the molecule is OCCCCCCCC[O][Ti]([O]CCCCCCCCO)([O]CCCCCCCCO)[O]CCCCCCCCO. The van der Waals surface area contributed by atoms with E-state index in [1.807, 2.05) is 0 Å². The van der Waals surface area contributed by atoms with E-state index in [1.54, 1.807) is 0 Å². The van der Waals surface area contributed by atoms with E-state index in [0.717, 1.165) is 154 Å². The van der Waals surface area contributed by atoms with Gasteiger partial charge in [0.05, 0.1) is 0 Å². The van der Waals surface area contributed by atoms with E-state index < -0.39 is 18.1 Å². The van der Waals surface area contributed by atoms with Crippen LogP contribution in [-0.2, 0) is 31.4 Å². The van der Waals surface area contributed by atoms with Gasteiger partial charge in [-0.25, -0.2) is 0 Å². The molecule has 0 amide bonds. The van der Waals surface area contributed by atoms with Crippen molar-refractivity contribution in [2.75, 3.05) is 52.9 Å².